The Morgan fingerprint density at radius 1 is 1.20 bits per heavy atom. The van der Waals surface area contributed by atoms with E-state index < -0.39 is 0 Å². The smallest absolute Gasteiger partial charge is 0.283 e. The fourth-order valence-corrected chi connectivity index (χ4v) is 2.51. The summed E-state index contributed by atoms with van der Waals surface area (Å²) in [5.74, 6) is 0. The maximum absolute atomic E-state index is 10.9. The minimum Gasteiger partial charge on any atom is -0.370 e. The first kappa shape index (κ1) is 14.5. The molecule has 0 heterocycles. The highest BCUT2D eigenvalue weighted by molar-refractivity contribution is 9.10. The van der Waals surface area contributed by atoms with Crippen molar-refractivity contribution in [3.8, 4) is 0 Å². The van der Waals surface area contributed by atoms with Gasteiger partial charge in [-0.05, 0) is 40.5 Å². The summed E-state index contributed by atoms with van der Waals surface area (Å²) in [7, 11) is 1.97. The van der Waals surface area contributed by atoms with Gasteiger partial charge in [0.05, 0.1) is 4.92 Å². The molecule has 0 aliphatic heterocycles. The molecule has 2 rings (SSSR count). The summed E-state index contributed by atoms with van der Waals surface area (Å²) in [6.07, 6.45) is 0. The lowest BCUT2D eigenvalue weighted by Gasteiger charge is -2.20. The van der Waals surface area contributed by atoms with Crippen molar-refractivity contribution < 1.29 is 4.92 Å². The van der Waals surface area contributed by atoms with E-state index in [4.69, 9.17) is 0 Å². The Morgan fingerprint density at radius 3 is 2.45 bits per heavy atom. The summed E-state index contributed by atoms with van der Waals surface area (Å²) >= 11 is 3.33. The predicted molar refractivity (Wildman–Crippen MR) is 84.1 cm³/mol. The second-order valence-electron chi connectivity index (χ2n) is 4.70. The van der Waals surface area contributed by atoms with Gasteiger partial charge in [0.2, 0.25) is 0 Å². The fourth-order valence-electron chi connectivity index (χ4n) is 1.98. The molecule has 0 aromatic heterocycles. The van der Waals surface area contributed by atoms with Crippen LogP contribution in [0.25, 0.3) is 0 Å². The monoisotopic (exact) mass is 334 g/mol. The number of halogens is 1. The molecule has 20 heavy (non-hydrogen) atoms. The summed E-state index contributed by atoms with van der Waals surface area (Å²) in [6, 6.07) is 13.3. The Labute approximate surface area is 126 Å². The summed E-state index contributed by atoms with van der Waals surface area (Å²) < 4.78 is 0.545. The van der Waals surface area contributed by atoms with Crippen molar-refractivity contribution in [1.29, 1.82) is 0 Å². The van der Waals surface area contributed by atoms with Crippen LogP contribution in [0.15, 0.2) is 46.9 Å². The van der Waals surface area contributed by atoms with Gasteiger partial charge in [0.25, 0.3) is 5.69 Å². The molecule has 4 nitrogen and oxygen atoms in total. The van der Waals surface area contributed by atoms with Crippen molar-refractivity contribution in [2.24, 2.45) is 0 Å². The zero-order chi connectivity index (χ0) is 14.7. The number of rotatable bonds is 4. The highest BCUT2D eigenvalue weighted by atomic mass is 79.9. The van der Waals surface area contributed by atoms with Crippen molar-refractivity contribution >= 4 is 27.3 Å². The van der Waals surface area contributed by atoms with Gasteiger partial charge in [-0.2, -0.15) is 0 Å². The van der Waals surface area contributed by atoms with Crippen molar-refractivity contribution in [2.75, 3.05) is 11.9 Å². The molecule has 2 aromatic carbocycles. The number of benzene rings is 2. The van der Waals surface area contributed by atoms with Crippen LogP contribution < -0.4 is 4.90 Å². The first-order chi connectivity index (χ1) is 9.49. The molecular weight excluding hydrogens is 320 g/mol. The Hall–Kier alpha value is -1.88. The second-order valence-corrected chi connectivity index (χ2v) is 5.49. The van der Waals surface area contributed by atoms with Crippen LogP contribution in [0.5, 0.6) is 0 Å². The number of nitro benzene ring substituents is 1. The first-order valence-electron chi connectivity index (χ1n) is 6.18. The molecule has 2 aromatic rings. The van der Waals surface area contributed by atoms with Crippen molar-refractivity contribution in [2.45, 2.75) is 13.5 Å². The SMILES string of the molecule is Cc1ccc(N(C)Cc2cccc([N+](=O)[O-])c2Br)cc1. The number of anilines is 1. The van der Waals surface area contributed by atoms with Crippen LogP contribution in [0.1, 0.15) is 11.1 Å². The number of nitro groups is 1. The summed E-state index contributed by atoms with van der Waals surface area (Å²) in [6.45, 7) is 2.65. The van der Waals surface area contributed by atoms with E-state index in [2.05, 4.69) is 20.8 Å². The average Bonchev–Trinajstić information content (AvgIpc) is 2.41. The van der Waals surface area contributed by atoms with E-state index in [-0.39, 0.29) is 10.6 Å². The third-order valence-electron chi connectivity index (χ3n) is 3.14. The first-order valence-corrected chi connectivity index (χ1v) is 6.98. The molecule has 0 amide bonds. The quantitative estimate of drug-likeness (QED) is 0.618. The van der Waals surface area contributed by atoms with Crippen LogP contribution >= 0.6 is 15.9 Å². The Balaban J connectivity index is 2.23. The number of hydrogen-bond acceptors (Lipinski definition) is 3. The van der Waals surface area contributed by atoms with E-state index in [1.165, 1.54) is 11.6 Å². The van der Waals surface area contributed by atoms with Crippen molar-refractivity contribution in [3.05, 3.63) is 68.2 Å². The average molecular weight is 335 g/mol. The molecule has 0 atom stereocenters. The molecule has 0 unspecified atom stereocenters. The Bertz CT molecular complexity index is 626. The normalized spacial score (nSPS) is 10.3. The highest BCUT2D eigenvalue weighted by Gasteiger charge is 2.15. The van der Waals surface area contributed by atoms with E-state index >= 15 is 0 Å². The van der Waals surface area contributed by atoms with E-state index in [9.17, 15) is 10.1 Å². The van der Waals surface area contributed by atoms with Gasteiger partial charge in [0, 0.05) is 25.3 Å². The van der Waals surface area contributed by atoms with Gasteiger partial charge >= 0.3 is 0 Å². The molecule has 5 heteroatoms. The van der Waals surface area contributed by atoms with E-state index in [1.54, 1.807) is 6.07 Å². The largest absolute Gasteiger partial charge is 0.370 e. The molecule has 0 aliphatic carbocycles. The molecule has 0 N–H and O–H groups in total. The van der Waals surface area contributed by atoms with E-state index in [0.717, 1.165) is 11.3 Å². The number of aryl methyl sites for hydroxylation is 1. The standard InChI is InChI=1S/C15H15BrN2O2/c1-11-6-8-13(9-7-11)17(2)10-12-4-3-5-14(15(12)16)18(19)20/h3-9H,10H2,1-2H3. The molecule has 104 valence electrons. The van der Waals surface area contributed by atoms with Crippen LogP contribution in [-0.2, 0) is 6.54 Å². The van der Waals surface area contributed by atoms with Gasteiger partial charge in [0.15, 0.2) is 0 Å². The number of hydrogen-bond donors (Lipinski definition) is 0. The van der Waals surface area contributed by atoms with Gasteiger partial charge in [0.1, 0.15) is 4.47 Å². The van der Waals surface area contributed by atoms with Gasteiger partial charge in [-0.25, -0.2) is 0 Å². The zero-order valence-corrected chi connectivity index (χ0v) is 12.9. The zero-order valence-electron chi connectivity index (χ0n) is 11.3. The Morgan fingerprint density at radius 2 is 1.85 bits per heavy atom. The third-order valence-corrected chi connectivity index (χ3v) is 4.05. The van der Waals surface area contributed by atoms with Crippen molar-refractivity contribution in [3.63, 3.8) is 0 Å². The lowest BCUT2D eigenvalue weighted by molar-refractivity contribution is -0.385. The third kappa shape index (κ3) is 3.17. The molecule has 0 bridgehead atoms. The Kier molecular flexibility index (Phi) is 4.39. The molecule has 0 radical (unpaired) electrons. The van der Waals surface area contributed by atoms with Crippen LogP contribution in [0.2, 0.25) is 0 Å². The molecular formula is C15H15BrN2O2. The van der Waals surface area contributed by atoms with E-state index in [0.29, 0.717) is 11.0 Å². The number of nitrogens with zero attached hydrogens (tertiary/aromatic N) is 2. The molecule has 0 fully saturated rings. The van der Waals surface area contributed by atoms with Crippen LogP contribution in [-0.4, -0.2) is 12.0 Å². The highest BCUT2D eigenvalue weighted by Crippen LogP contribution is 2.29. The minimum absolute atomic E-state index is 0.0970. The topological polar surface area (TPSA) is 46.4 Å². The van der Waals surface area contributed by atoms with Gasteiger partial charge < -0.3 is 4.90 Å². The lowest BCUT2D eigenvalue weighted by Crippen LogP contribution is -2.16. The van der Waals surface area contributed by atoms with Gasteiger partial charge in [-0.1, -0.05) is 29.8 Å². The van der Waals surface area contributed by atoms with E-state index in [1.807, 2.05) is 44.3 Å². The summed E-state index contributed by atoms with van der Waals surface area (Å²) in [5.41, 5.74) is 3.27. The molecule has 0 saturated carbocycles. The van der Waals surface area contributed by atoms with Crippen LogP contribution in [0.4, 0.5) is 11.4 Å². The van der Waals surface area contributed by atoms with Gasteiger partial charge in [-0.15, -0.1) is 0 Å². The van der Waals surface area contributed by atoms with Crippen molar-refractivity contribution in [1.82, 2.24) is 0 Å². The lowest BCUT2D eigenvalue weighted by atomic mass is 10.1. The minimum atomic E-state index is -0.376. The van der Waals surface area contributed by atoms with Gasteiger partial charge in [-0.3, -0.25) is 10.1 Å². The maximum Gasteiger partial charge on any atom is 0.283 e. The summed E-state index contributed by atoms with van der Waals surface area (Å²) in [4.78, 5) is 12.6. The molecule has 0 aliphatic rings. The second kappa shape index (κ2) is 6.05. The fraction of sp³-hybridized carbons (Fsp3) is 0.200. The predicted octanol–water partition coefficient (Wildman–Crippen LogP) is 4.30. The molecule has 0 saturated heterocycles. The molecule has 0 spiro atoms. The summed E-state index contributed by atoms with van der Waals surface area (Å²) in [5, 5.41) is 10.9. The maximum atomic E-state index is 10.9. The van der Waals surface area contributed by atoms with Crippen LogP contribution in [0, 0.1) is 17.0 Å². The van der Waals surface area contributed by atoms with Crippen LogP contribution in [0.3, 0.4) is 0 Å².